The van der Waals surface area contributed by atoms with Gasteiger partial charge in [-0.15, -0.1) is 11.3 Å². The summed E-state index contributed by atoms with van der Waals surface area (Å²) in [7, 11) is 0. The van der Waals surface area contributed by atoms with Gasteiger partial charge < -0.3 is 5.32 Å². The summed E-state index contributed by atoms with van der Waals surface area (Å²) in [6, 6.07) is 7.06. The summed E-state index contributed by atoms with van der Waals surface area (Å²) in [6.45, 7) is 3.75. The van der Waals surface area contributed by atoms with E-state index in [1.54, 1.807) is 6.07 Å². The first-order valence-electron chi connectivity index (χ1n) is 7.20. The number of carbonyl (C=O) groups excluding carboxylic acids is 1. The molecule has 0 radical (unpaired) electrons. The highest BCUT2D eigenvalue weighted by atomic mass is 32.1. The normalized spacial score (nSPS) is 12.3. The zero-order valence-corrected chi connectivity index (χ0v) is 13.6. The summed E-state index contributed by atoms with van der Waals surface area (Å²) < 4.78 is 1.43. The monoisotopic (exact) mass is 328 g/mol. The van der Waals surface area contributed by atoms with E-state index in [-0.39, 0.29) is 24.1 Å². The molecule has 0 aliphatic rings. The van der Waals surface area contributed by atoms with E-state index in [4.69, 9.17) is 0 Å². The summed E-state index contributed by atoms with van der Waals surface area (Å²) in [5, 5.41) is 5.67. The topological polar surface area (TPSA) is 76.9 Å². The summed E-state index contributed by atoms with van der Waals surface area (Å²) >= 11 is 1.51. The molecule has 7 heteroatoms. The highest BCUT2D eigenvalue weighted by Gasteiger charge is 2.14. The van der Waals surface area contributed by atoms with Crippen molar-refractivity contribution in [2.24, 2.45) is 0 Å². The smallest absolute Gasteiger partial charge is 0.269 e. The Morgan fingerprint density at radius 1 is 1.39 bits per heavy atom. The van der Waals surface area contributed by atoms with Gasteiger partial charge in [0.25, 0.3) is 5.56 Å². The molecular formula is C16H16N4O2S. The average Bonchev–Trinajstić information content (AvgIpc) is 2.97. The van der Waals surface area contributed by atoms with Gasteiger partial charge >= 0.3 is 0 Å². The predicted molar refractivity (Wildman–Crippen MR) is 89.4 cm³/mol. The maximum Gasteiger partial charge on any atom is 0.269 e. The molecule has 1 N–H and O–H groups in total. The first-order chi connectivity index (χ1) is 11.0. The van der Waals surface area contributed by atoms with E-state index in [1.807, 2.05) is 37.4 Å². The van der Waals surface area contributed by atoms with Crippen molar-refractivity contribution in [1.29, 1.82) is 0 Å². The number of nitrogens with zero attached hydrogens (tertiary/aromatic N) is 3. The summed E-state index contributed by atoms with van der Waals surface area (Å²) in [5.41, 5.74) is 1.97. The van der Waals surface area contributed by atoms with Crippen LogP contribution in [0.25, 0.3) is 11.0 Å². The van der Waals surface area contributed by atoms with Crippen molar-refractivity contribution in [2.75, 3.05) is 0 Å². The second-order valence-electron chi connectivity index (χ2n) is 5.29. The number of rotatable bonds is 4. The fourth-order valence-electron chi connectivity index (χ4n) is 2.34. The molecule has 6 nitrogen and oxygen atoms in total. The number of hydrogen-bond donors (Lipinski definition) is 1. The van der Waals surface area contributed by atoms with E-state index in [1.165, 1.54) is 22.1 Å². The van der Waals surface area contributed by atoms with Crippen molar-refractivity contribution in [1.82, 2.24) is 19.9 Å². The number of carbonyl (C=O) groups is 1. The molecule has 0 aliphatic carbocycles. The van der Waals surface area contributed by atoms with Gasteiger partial charge in [0.2, 0.25) is 5.91 Å². The standard InChI is InChI=1S/C16H16N4O2S/c1-10-9-23-16(18-10)11(2)19-14(21)8-20-13-6-4-3-5-12(13)17-7-15(20)22/h3-7,9,11H,8H2,1-2H3,(H,19,21). The van der Waals surface area contributed by atoms with Crippen LogP contribution in [-0.4, -0.2) is 20.4 Å². The highest BCUT2D eigenvalue weighted by molar-refractivity contribution is 7.09. The molecule has 1 amide bonds. The van der Waals surface area contributed by atoms with Crippen molar-refractivity contribution >= 4 is 28.3 Å². The highest BCUT2D eigenvalue weighted by Crippen LogP contribution is 2.17. The minimum absolute atomic E-state index is 0.0451. The van der Waals surface area contributed by atoms with Crippen LogP contribution in [0.3, 0.4) is 0 Å². The largest absolute Gasteiger partial charge is 0.346 e. The fourth-order valence-corrected chi connectivity index (χ4v) is 3.15. The lowest BCUT2D eigenvalue weighted by atomic mass is 10.3. The summed E-state index contributed by atoms with van der Waals surface area (Å²) in [6.07, 6.45) is 1.24. The Balaban J connectivity index is 1.80. The number of aryl methyl sites for hydroxylation is 1. The third-order valence-electron chi connectivity index (χ3n) is 3.44. The minimum Gasteiger partial charge on any atom is -0.346 e. The lowest BCUT2D eigenvalue weighted by Gasteiger charge is -2.13. The van der Waals surface area contributed by atoms with Crippen LogP contribution in [0.5, 0.6) is 0 Å². The number of aromatic nitrogens is 3. The van der Waals surface area contributed by atoms with E-state index in [0.717, 1.165) is 10.7 Å². The van der Waals surface area contributed by atoms with E-state index in [9.17, 15) is 9.59 Å². The Bertz CT molecular complexity index is 916. The first kappa shape index (κ1) is 15.4. The van der Waals surface area contributed by atoms with Crippen molar-refractivity contribution < 1.29 is 4.79 Å². The van der Waals surface area contributed by atoms with Gasteiger partial charge in [0.15, 0.2) is 0 Å². The Morgan fingerprint density at radius 2 is 2.17 bits per heavy atom. The van der Waals surface area contributed by atoms with E-state index >= 15 is 0 Å². The molecule has 0 saturated carbocycles. The number of para-hydroxylation sites is 2. The molecule has 3 aromatic rings. The maximum atomic E-state index is 12.3. The van der Waals surface area contributed by atoms with Gasteiger partial charge in [0, 0.05) is 11.1 Å². The van der Waals surface area contributed by atoms with Crippen LogP contribution in [0, 0.1) is 6.92 Å². The van der Waals surface area contributed by atoms with Crippen molar-refractivity contribution in [3.8, 4) is 0 Å². The van der Waals surface area contributed by atoms with Gasteiger partial charge in [-0.3, -0.25) is 14.2 Å². The predicted octanol–water partition coefficient (Wildman–Crippen LogP) is 2.04. The Hall–Kier alpha value is -2.54. The molecular weight excluding hydrogens is 312 g/mol. The van der Waals surface area contributed by atoms with Gasteiger partial charge in [-0.2, -0.15) is 0 Å². The minimum atomic E-state index is -0.295. The van der Waals surface area contributed by atoms with Gasteiger partial charge in [-0.1, -0.05) is 12.1 Å². The molecule has 118 valence electrons. The average molecular weight is 328 g/mol. The molecule has 0 spiro atoms. The number of benzene rings is 1. The third-order valence-corrected chi connectivity index (χ3v) is 4.58. The van der Waals surface area contributed by atoms with Crippen molar-refractivity contribution in [2.45, 2.75) is 26.4 Å². The molecule has 0 bridgehead atoms. The Kier molecular flexibility index (Phi) is 4.20. The number of fused-ring (bicyclic) bond motifs is 1. The Labute approximate surface area is 136 Å². The number of nitrogens with one attached hydrogen (secondary N) is 1. The zero-order valence-electron chi connectivity index (χ0n) is 12.8. The Morgan fingerprint density at radius 3 is 2.91 bits per heavy atom. The lowest BCUT2D eigenvalue weighted by Crippen LogP contribution is -2.34. The fraction of sp³-hybridized carbons (Fsp3) is 0.250. The molecule has 1 unspecified atom stereocenters. The first-order valence-corrected chi connectivity index (χ1v) is 8.08. The van der Waals surface area contributed by atoms with Crippen LogP contribution >= 0.6 is 11.3 Å². The van der Waals surface area contributed by atoms with Crippen LogP contribution in [0.2, 0.25) is 0 Å². The molecule has 0 saturated heterocycles. The van der Waals surface area contributed by atoms with Crippen LogP contribution in [-0.2, 0) is 11.3 Å². The molecule has 0 fully saturated rings. The van der Waals surface area contributed by atoms with E-state index in [2.05, 4.69) is 15.3 Å². The molecule has 2 aromatic heterocycles. The lowest BCUT2D eigenvalue weighted by molar-refractivity contribution is -0.122. The van der Waals surface area contributed by atoms with E-state index in [0.29, 0.717) is 11.0 Å². The number of thiazole rings is 1. The molecule has 1 aromatic carbocycles. The molecule has 3 rings (SSSR count). The molecule has 1 atom stereocenters. The second-order valence-corrected chi connectivity index (χ2v) is 6.18. The quantitative estimate of drug-likeness (QED) is 0.795. The number of hydrogen-bond acceptors (Lipinski definition) is 5. The zero-order chi connectivity index (χ0) is 16.4. The van der Waals surface area contributed by atoms with Crippen molar-refractivity contribution in [3.63, 3.8) is 0 Å². The van der Waals surface area contributed by atoms with Crippen molar-refractivity contribution in [3.05, 3.63) is 56.9 Å². The molecule has 2 heterocycles. The van der Waals surface area contributed by atoms with Gasteiger partial charge in [0.05, 0.1) is 23.3 Å². The maximum absolute atomic E-state index is 12.3. The van der Waals surface area contributed by atoms with Crippen LogP contribution in [0.1, 0.15) is 23.7 Å². The van der Waals surface area contributed by atoms with E-state index < -0.39 is 0 Å². The second kappa shape index (κ2) is 6.29. The summed E-state index contributed by atoms with van der Waals surface area (Å²) in [4.78, 5) is 32.8. The van der Waals surface area contributed by atoms with Gasteiger partial charge in [0.1, 0.15) is 11.6 Å². The van der Waals surface area contributed by atoms with Crippen LogP contribution in [0.4, 0.5) is 0 Å². The number of amides is 1. The van der Waals surface area contributed by atoms with Crippen LogP contribution < -0.4 is 10.9 Å². The third kappa shape index (κ3) is 3.29. The van der Waals surface area contributed by atoms with Gasteiger partial charge in [-0.05, 0) is 26.0 Å². The molecule has 0 aliphatic heterocycles. The summed E-state index contributed by atoms with van der Waals surface area (Å²) in [5.74, 6) is -0.233. The SMILES string of the molecule is Cc1csc(C(C)NC(=O)Cn2c(=O)cnc3ccccc32)n1. The van der Waals surface area contributed by atoms with Gasteiger partial charge in [-0.25, -0.2) is 9.97 Å². The molecule has 23 heavy (non-hydrogen) atoms. The van der Waals surface area contributed by atoms with Crippen LogP contribution in [0.15, 0.2) is 40.6 Å².